The first kappa shape index (κ1) is 11.6. The SMILES string of the molecule is CC1=C(c2ccc(Cl)cc2)c2cc(C)ccc2C1. The lowest BCUT2D eigenvalue weighted by molar-refractivity contribution is 1.19. The van der Waals surface area contributed by atoms with Crippen LogP contribution in [-0.2, 0) is 6.42 Å². The van der Waals surface area contributed by atoms with Crippen LogP contribution < -0.4 is 0 Å². The summed E-state index contributed by atoms with van der Waals surface area (Å²) >= 11 is 5.96. The molecule has 2 aromatic carbocycles. The van der Waals surface area contributed by atoms with Crippen LogP contribution in [0.15, 0.2) is 48.0 Å². The first-order valence-electron chi connectivity index (χ1n) is 6.21. The summed E-state index contributed by atoms with van der Waals surface area (Å²) in [5.74, 6) is 0. The summed E-state index contributed by atoms with van der Waals surface area (Å²) in [6.45, 7) is 4.37. The molecule has 18 heavy (non-hydrogen) atoms. The average Bonchev–Trinajstić information content (AvgIpc) is 2.66. The third-order valence-corrected chi connectivity index (χ3v) is 3.80. The second kappa shape index (κ2) is 4.29. The molecule has 0 bridgehead atoms. The van der Waals surface area contributed by atoms with Crippen LogP contribution in [0.1, 0.15) is 29.2 Å². The molecule has 90 valence electrons. The van der Waals surface area contributed by atoms with E-state index in [4.69, 9.17) is 11.6 Å². The van der Waals surface area contributed by atoms with Gasteiger partial charge in [0.25, 0.3) is 0 Å². The predicted octanol–water partition coefficient (Wildman–Crippen LogP) is 5.03. The Bertz CT molecular complexity index is 633. The molecule has 0 fully saturated rings. The van der Waals surface area contributed by atoms with Crippen LogP contribution in [0.3, 0.4) is 0 Å². The molecule has 1 heteroatoms. The minimum Gasteiger partial charge on any atom is -0.0843 e. The predicted molar refractivity (Wildman–Crippen MR) is 78.0 cm³/mol. The van der Waals surface area contributed by atoms with E-state index in [0.717, 1.165) is 11.4 Å². The summed E-state index contributed by atoms with van der Waals surface area (Å²) in [5, 5.41) is 0.791. The van der Waals surface area contributed by atoms with E-state index in [0.29, 0.717) is 0 Å². The third-order valence-electron chi connectivity index (χ3n) is 3.55. The van der Waals surface area contributed by atoms with E-state index in [-0.39, 0.29) is 0 Å². The fraction of sp³-hybridized carbons (Fsp3) is 0.176. The molecule has 0 aliphatic heterocycles. The number of hydrogen-bond acceptors (Lipinski definition) is 0. The Morgan fingerprint density at radius 1 is 0.944 bits per heavy atom. The molecule has 0 aromatic heterocycles. The monoisotopic (exact) mass is 254 g/mol. The van der Waals surface area contributed by atoms with Gasteiger partial charge >= 0.3 is 0 Å². The Balaban J connectivity index is 2.16. The zero-order valence-electron chi connectivity index (χ0n) is 10.6. The Hall–Kier alpha value is -1.53. The van der Waals surface area contributed by atoms with Gasteiger partial charge in [-0.25, -0.2) is 0 Å². The van der Waals surface area contributed by atoms with E-state index in [1.807, 2.05) is 12.1 Å². The van der Waals surface area contributed by atoms with E-state index in [9.17, 15) is 0 Å². The van der Waals surface area contributed by atoms with Gasteiger partial charge in [0, 0.05) is 5.02 Å². The molecule has 0 N–H and O–H groups in total. The van der Waals surface area contributed by atoms with Gasteiger partial charge < -0.3 is 0 Å². The summed E-state index contributed by atoms with van der Waals surface area (Å²) in [6.07, 6.45) is 1.06. The van der Waals surface area contributed by atoms with Crippen molar-refractivity contribution in [3.05, 3.63) is 75.3 Å². The maximum absolute atomic E-state index is 5.96. The van der Waals surface area contributed by atoms with Crippen LogP contribution in [0, 0.1) is 6.92 Å². The number of aryl methyl sites for hydroxylation is 1. The van der Waals surface area contributed by atoms with Gasteiger partial charge in [0.1, 0.15) is 0 Å². The summed E-state index contributed by atoms with van der Waals surface area (Å²) < 4.78 is 0. The summed E-state index contributed by atoms with van der Waals surface area (Å²) in [4.78, 5) is 0. The van der Waals surface area contributed by atoms with E-state index in [2.05, 4.69) is 44.2 Å². The first-order chi connectivity index (χ1) is 8.65. The van der Waals surface area contributed by atoms with Crippen LogP contribution >= 0.6 is 11.6 Å². The van der Waals surface area contributed by atoms with Gasteiger partial charge in [-0.1, -0.05) is 53.1 Å². The highest BCUT2D eigenvalue weighted by Gasteiger charge is 2.19. The minimum absolute atomic E-state index is 0.791. The molecule has 0 amide bonds. The Morgan fingerprint density at radius 2 is 1.67 bits per heavy atom. The second-order valence-electron chi connectivity index (χ2n) is 5.00. The van der Waals surface area contributed by atoms with E-state index in [1.54, 1.807) is 0 Å². The highest BCUT2D eigenvalue weighted by Crippen LogP contribution is 2.37. The van der Waals surface area contributed by atoms with Crippen molar-refractivity contribution in [3.8, 4) is 0 Å². The van der Waals surface area contributed by atoms with Gasteiger partial charge in [0.2, 0.25) is 0 Å². The van der Waals surface area contributed by atoms with E-state index >= 15 is 0 Å². The lowest BCUT2D eigenvalue weighted by Crippen LogP contribution is -1.88. The smallest absolute Gasteiger partial charge is 0.0406 e. The maximum atomic E-state index is 5.96. The van der Waals surface area contributed by atoms with Crippen LogP contribution in [0.2, 0.25) is 5.02 Å². The van der Waals surface area contributed by atoms with Gasteiger partial charge in [-0.2, -0.15) is 0 Å². The molecular weight excluding hydrogens is 240 g/mol. The summed E-state index contributed by atoms with van der Waals surface area (Å²) in [5.41, 5.74) is 8.22. The standard InChI is InChI=1S/C17H15Cl/c1-11-3-4-14-10-12(2)17(16(14)9-11)13-5-7-15(18)8-6-13/h3-9H,10H2,1-2H3. The zero-order valence-corrected chi connectivity index (χ0v) is 11.4. The van der Waals surface area contributed by atoms with Crippen LogP contribution in [0.4, 0.5) is 0 Å². The highest BCUT2D eigenvalue weighted by atomic mass is 35.5. The molecule has 0 radical (unpaired) electrons. The van der Waals surface area contributed by atoms with Gasteiger partial charge in [-0.3, -0.25) is 0 Å². The summed E-state index contributed by atoms with van der Waals surface area (Å²) in [7, 11) is 0. The molecule has 0 saturated heterocycles. The van der Waals surface area contributed by atoms with Crippen molar-refractivity contribution in [3.63, 3.8) is 0 Å². The van der Waals surface area contributed by atoms with Crippen molar-refractivity contribution >= 4 is 17.2 Å². The number of allylic oxidation sites excluding steroid dienone is 1. The molecule has 0 atom stereocenters. The number of hydrogen-bond donors (Lipinski definition) is 0. The van der Waals surface area contributed by atoms with Crippen molar-refractivity contribution in [2.75, 3.05) is 0 Å². The molecular formula is C17H15Cl. The lowest BCUT2D eigenvalue weighted by atomic mass is 9.97. The van der Waals surface area contributed by atoms with E-state index in [1.165, 1.54) is 33.4 Å². The fourth-order valence-corrected chi connectivity index (χ4v) is 2.83. The van der Waals surface area contributed by atoms with E-state index < -0.39 is 0 Å². The zero-order chi connectivity index (χ0) is 12.7. The molecule has 3 rings (SSSR count). The Labute approximate surface area is 113 Å². The van der Waals surface area contributed by atoms with Gasteiger partial charge in [-0.15, -0.1) is 0 Å². The number of fused-ring (bicyclic) bond motifs is 1. The van der Waals surface area contributed by atoms with Crippen molar-refractivity contribution in [2.24, 2.45) is 0 Å². The second-order valence-corrected chi connectivity index (χ2v) is 5.44. The van der Waals surface area contributed by atoms with Crippen molar-refractivity contribution in [2.45, 2.75) is 20.3 Å². The van der Waals surface area contributed by atoms with Crippen LogP contribution in [0.5, 0.6) is 0 Å². The largest absolute Gasteiger partial charge is 0.0843 e. The number of benzene rings is 2. The molecule has 0 unspecified atom stereocenters. The molecule has 0 nitrogen and oxygen atoms in total. The van der Waals surface area contributed by atoms with Gasteiger partial charge in [0.15, 0.2) is 0 Å². The molecule has 0 spiro atoms. The van der Waals surface area contributed by atoms with Crippen LogP contribution in [0.25, 0.3) is 5.57 Å². The van der Waals surface area contributed by atoms with Gasteiger partial charge in [-0.05, 0) is 54.7 Å². The Morgan fingerprint density at radius 3 is 2.39 bits per heavy atom. The first-order valence-corrected chi connectivity index (χ1v) is 6.58. The van der Waals surface area contributed by atoms with Crippen molar-refractivity contribution in [1.82, 2.24) is 0 Å². The third kappa shape index (κ3) is 1.87. The van der Waals surface area contributed by atoms with Gasteiger partial charge in [0.05, 0.1) is 0 Å². The highest BCUT2D eigenvalue weighted by molar-refractivity contribution is 6.30. The number of halogens is 1. The minimum atomic E-state index is 0.791. The topological polar surface area (TPSA) is 0 Å². The van der Waals surface area contributed by atoms with Crippen molar-refractivity contribution < 1.29 is 0 Å². The molecule has 0 heterocycles. The fourth-order valence-electron chi connectivity index (χ4n) is 2.70. The molecule has 0 saturated carbocycles. The number of rotatable bonds is 1. The summed E-state index contributed by atoms with van der Waals surface area (Å²) in [6, 6.07) is 14.9. The molecule has 2 aromatic rings. The Kier molecular flexibility index (Phi) is 2.76. The van der Waals surface area contributed by atoms with Crippen molar-refractivity contribution in [1.29, 1.82) is 0 Å². The quantitative estimate of drug-likeness (QED) is 0.670. The maximum Gasteiger partial charge on any atom is 0.0406 e. The normalized spacial score (nSPS) is 13.9. The lowest BCUT2D eigenvalue weighted by Gasteiger charge is -2.08. The molecule has 1 aliphatic rings. The molecule has 1 aliphatic carbocycles. The van der Waals surface area contributed by atoms with Crippen LogP contribution in [-0.4, -0.2) is 0 Å². The average molecular weight is 255 g/mol.